The topological polar surface area (TPSA) is 30.9 Å². The SMILES string of the molecule is C/C=C\C(=C/c1ccc2c3c(n(-c4ccccc4)c2c1)CCC=C3)c1cccc(/C(C)=C/C=C\N)c1. The van der Waals surface area contributed by atoms with Crippen LogP contribution in [-0.4, -0.2) is 4.57 Å². The summed E-state index contributed by atoms with van der Waals surface area (Å²) in [7, 11) is 0. The lowest BCUT2D eigenvalue weighted by Gasteiger charge is -2.13. The Balaban J connectivity index is 1.64. The third-order valence-corrected chi connectivity index (χ3v) is 6.76. The van der Waals surface area contributed by atoms with Crippen molar-refractivity contribution >= 4 is 34.2 Å². The molecule has 36 heavy (non-hydrogen) atoms. The molecule has 0 amide bonds. The molecule has 1 aliphatic carbocycles. The molecule has 2 nitrogen and oxygen atoms in total. The Bertz CT molecular complexity index is 1540. The zero-order chi connectivity index (χ0) is 24.9. The van der Waals surface area contributed by atoms with E-state index in [2.05, 4.69) is 122 Å². The first-order chi connectivity index (χ1) is 17.7. The van der Waals surface area contributed by atoms with Gasteiger partial charge in [-0.2, -0.15) is 0 Å². The summed E-state index contributed by atoms with van der Waals surface area (Å²) in [4.78, 5) is 0. The normalized spacial score (nSPS) is 14.3. The van der Waals surface area contributed by atoms with Crippen LogP contribution in [-0.2, 0) is 6.42 Å². The van der Waals surface area contributed by atoms with Crippen molar-refractivity contribution in [2.45, 2.75) is 26.7 Å². The molecule has 1 heterocycles. The highest BCUT2D eigenvalue weighted by molar-refractivity contribution is 5.96. The average molecular weight is 469 g/mol. The Labute approximate surface area is 214 Å². The maximum atomic E-state index is 5.53. The van der Waals surface area contributed by atoms with Gasteiger partial charge in [-0.1, -0.05) is 78.9 Å². The molecule has 5 rings (SSSR count). The van der Waals surface area contributed by atoms with Gasteiger partial charge in [-0.25, -0.2) is 0 Å². The smallest absolute Gasteiger partial charge is 0.0543 e. The van der Waals surface area contributed by atoms with E-state index in [1.54, 1.807) is 6.20 Å². The predicted molar refractivity (Wildman–Crippen MR) is 157 cm³/mol. The van der Waals surface area contributed by atoms with Gasteiger partial charge in [-0.15, -0.1) is 0 Å². The Hall–Kier alpha value is -4.30. The second-order valence-corrected chi connectivity index (χ2v) is 9.16. The van der Waals surface area contributed by atoms with Crippen molar-refractivity contribution < 1.29 is 0 Å². The van der Waals surface area contributed by atoms with E-state index in [0.29, 0.717) is 0 Å². The molecule has 2 N–H and O–H groups in total. The first-order valence-corrected chi connectivity index (χ1v) is 12.6. The van der Waals surface area contributed by atoms with E-state index in [4.69, 9.17) is 5.73 Å². The summed E-state index contributed by atoms with van der Waals surface area (Å²) in [5.74, 6) is 0. The highest BCUT2D eigenvalue weighted by atomic mass is 15.0. The molecule has 4 aromatic rings. The Morgan fingerprint density at radius 1 is 0.944 bits per heavy atom. The average Bonchev–Trinajstić information content (AvgIpc) is 3.25. The minimum Gasteiger partial charge on any atom is -0.405 e. The predicted octanol–water partition coefficient (Wildman–Crippen LogP) is 8.58. The molecule has 0 fully saturated rings. The molecule has 3 aromatic carbocycles. The number of aromatic nitrogens is 1. The molecule has 0 bridgehead atoms. The van der Waals surface area contributed by atoms with Crippen molar-refractivity contribution in [1.29, 1.82) is 0 Å². The molecule has 0 saturated carbocycles. The summed E-state index contributed by atoms with van der Waals surface area (Å²) in [5, 5.41) is 1.31. The van der Waals surface area contributed by atoms with Gasteiger partial charge in [-0.05, 0) is 97.1 Å². The number of para-hydroxylation sites is 1. The van der Waals surface area contributed by atoms with E-state index in [1.807, 2.05) is 12.2 Å². The van der Waals surface area contributed by atoms with Crippen molar-refractivity contribution in [2.75, 3.05) is 0 Å². The zero-order valence-electron chi connectivity index (χ0n) is 21.0. The molecule has 178 valence electrons. The fourth-order valence-electron chi connectivity index (χ4n) is 5.03. The van der Waals surface area contributed by atoms with Crippen molar-refractivity contribution in [3.05, 3.63) is 137 Å². The molecule has 0 atom stereocenters. The summed E-state index contributed by atoms with van der Waals surface area (Å²) in [6.45, 7) is 4.18. The molecule has 0 radical (unpaired) electrons. The number of nitrogens with zero attached hydrogens (tertiary/aromatic N) is 1. The Kier molecular flexibility index (Phi) is 6.86. The standard InChI is InChI=1S/C34H32N2/c1-3-11-28(29-14-9-13-27(24-29)25(2)12-10-21-35)22-26-19-20-32-31-17-7-8-18-33(31)36(34(32)23-26)30-15-5-4-6-16-30/h3-7,9-17,19-24H,8,18,35H2,1-2H3/b11-3-,21-10-,25-12+,28-22+. The second-order valence-electron chi connectivity index (χ2n) is 9.16. The minimum atomic E-state index is 1.06. The van der Waals surface area contributed by atoms with Crippen LogP contribution >= 0.6 is 0 Å². The van der Waals surface area contributed by atoms with Crippen LogP contribution in [0.5, 0.6) is 0 Å². The van der Waals surface area contributed by atoms with Crippen molar-refractivity contribution in [1.82, 2.24) is 4.57 Å². The third-order valence-electron chi connectivity index (χ3n) is 6.76. The summed E-state index contributed by atoms with van der Waals surface area (Å²) in [6, 6.07) is 26.3. The van der Waals surface area contributed by atoms with Gasteiger partial charge in [0.05, 0.1) is 5.52 Å². The van der Waals surface area contributed by atoms with Gasteiger partial charge in [0.1, 0.15) is 0 Å². The molecule has 1 aliphatic rings. The molecule has 2 heteroatoms. The van der Waals surface area contributed by atoms with Crippen LogP contribution in [0.4, 0.5) is 0 Å². The minimum absolute atomic E-state index is 1.06. The fraction of sp³-hybridized carbons (Fsp3) is 0.118. The molecule has 0 spiro atoms. The van der Waals surface area contributed by atoms with Gasteiger partial charge in [-0.3, -0.25) is 0 Å². The van der Waals surface area contributed by atoms with Crippen LogP contribution in [0.15, 0.2) is 109 Å². The Morgan fingerprint density at radius 2 is 1.78 bits per heavy atom. The maximum Gasteiger partial charge on any atom is 0.0543 e. The number of benzene rings is 3. The zero-order valence-corrected chi connectivity index (χ0v) is 21.0. The van der Waals surface area contributed by atoms with Crippen LogP contribution in [0, 0.1) is 0 Å². The lowest BCUT2D eigenvalue weighted by molar-refractivity contribution is 0.888. The van der Waals surface area contributed by atoms with E-state index < -0.39 is 0 Å². The van der Waals surface area contributed by atoms with Crippen molar-refractivity contribution in [3.63, 3.8) is 0 Å². The van der Waals surface area contributed by atoms with Gasteiger partial charge in [0.15, 0.2) is 0 Å². The van der Waals surface area contributed by atoms with Gasteiger partial charge in [0.2, 0.25) is 0 Å². The van der Waals surface area contributed by atoms with E-state index in [-0.39, 0.29) is 0 Å². The second kappa shape index (κ2) is 10.5. The summed E-state index contributed by atoms with van der Waals surface area (Å²) >= 11 is 0. The number of hydrogen-bond acceptors (Lipinski definition) is 1. The van der Waals surface area contributed by atoms with Gasteiger partial charge in [0, 0.05) is 22.3 Å². The van der Waals surface area contributed by atoms with E-state index in [1.165, 1.54) is 55.7 Å². The molecule has 0 aliphatic heterocycles. The van der Waals surface area contributed by atoms with Gasteiger partial charge in [0.25, 0.3) is 0 Å². The van der Waals surface area contributed by atoms with Crippen molar-refractivity contribution in [2.24, 2.45) is 5.73 Å². The number of nitrogens with two attached hydrogens (primary N) is 1. The molecular weight excluding hydrogens is 436 g/mol. The van der Waals surface area contributed by atoms with Gasteiger partial charge >= 0.3 is 0 Å². The van der Waals surface area contributed by atoms with E-state index >= 15 is 0 Å². The molecule has 1 aromatic heterocycles. The largest absolute Gasteiger partial charge is 0.405 e. The molecular formula is C34H32N2. The lowest BCUT2D eigenvalue weighted by Crippen LogP contribution is -2.02. The van der Waals surface area contributed by atoms with Crippen LogP contribution in [0.3, 0.4) is 0 Å². The number of allylic oxidation sites excluding steroid dienone is 7. The monoisotopic (exact) mass is 468 g/mol. The van der Waals surface area contributed by atoms with Crippen LogP contribution < -0.4 is 5.73 Å². The van der Waals surface area contributed by atoms with Crippen LogP contribution in [0.2, 0.25) is 0 Å². The number of fused-ring (bicyclic) bond motifs is 3. The summed E-state index contributed by atoms with van der Waals surface area (Å²) in [5.41, 5.74) is 16.7. The van der Waals surface area contributed by atoms with Gasteiger partial charge < -0.3 is 10.3 Å². The number of rotatable bonds is 6. The quantitative estimate of drug-likeness (QED) is 0.223. The maximum absolute atomic E-state index is 5.53. The highest BCUT2D eigenvalue weighted by Crippen LogP contribution is 2.35. The summed E-state index contributed by atoms with van der Waals surface area (Å²) in [6.07, 6.45) is 18.8. The highest BCUT2D eigenvalue weighted by Gasteiger charge is 2.18. The summed E-state index contributed by atoms with van der Waals surface area (Å²) < 4.78 is 2.45. The molecule has 0 unspecified atom stereocenters. The first kappa shape index (κ1) is 23.4. The third kappa shape index (κ3) is 4.63. The lowest BCUT2D eigenvalue weighted by atomic mass is 9.97. The van der Waals surface area contributed by atoms with Crippen molar-refractivity contribution in [3.8, 4) is 5.69 Å². The fourth-order valence-corrected chi connectivity index (χ4v) is 5.03. The number of hydrogen-bond donors (Lipinski definition) is 1. The Morgan fingerprint density at radius 3 is 2.58 bits per heavy atom. The van der Waals surface area contributed by atoms with E-state index in [0.717, 1.165) is 12.8 Å². The first-order valence-electron chi connectivity index (χ1n) is 12.6. The van der Waals surface area contributed by atoms with Crippen LogP contribution in [0.25, 0.3) is 39.9 Å². The van der Waals surface area contributed by atoms with E-state index in [9.17, 15) is 0 Å². The van der Waals surface area contributed by atoms with Crippen LogP contribution in [0.1, 0.15) is 48.2 Å². The molecule has 0 saturated heterocycles.